The Bertz CT molecular complexity index is 840. The van der Waals surface area contributed by atoms with Gasteiger partial charge in [0.15, 0.2) is 0 Å². The third-order valence-electron chi connectivity index (χ3n) is 4.88. The van der Waals surface area contributed by atoms with E-state index in [4.69, 9.17) is 20.9 Å². The van der Waals surface area contributed by atoms with Crippen LogP contribution in [0.2, 0.25) is 5.02 Å². The average molecular weight is 376 g/mol. The molecule has 2 aromatic rings. The van der Waals surface area contributed by atoms with Crippen molar-refractivity contribution < 1.29 is 18.5 Å². The molecule has 1 aliphatic rings. The molecule has 7 heteroatoms. The van der Waals surface area contributed by atoms with Crippen molar-refractivity contribution in [3.05, 3.63) is 58.9 Å². The van der Waals surface area contributed by atoms with Crippen LogP contribution in [0.3, 0.4) is 0 Å². The molecule has 0 radical (unpaired) electrons. The van der Waals surface area contributed by atoms with Crippen LogP contribution in [0.25, 0.3) is 0 Å². The highest BCUT2D eigenvalue weighted by molar-refractivity contribution is 6.65. The van der Waals surface area contributed by atoms with E-state index in [0.29, 0.717) is 16.2 Å². The van der Waals surface area contributed by atoms with Crippen LogP contribution in [-0.4, -0.2) is 24.2 Å². The number of benzene rings is 2. The minimum absolute atomic E-state index is 0.0290. The van der Waals surface area contributed by atoms with Crippen molar-refractivity contribution in [3.8, 4) is 0 Å². The van der Waals surface area contributed by atoms with Crippen molar-refractivity contribution in [1.29, 1.82) is 0 Å². The van der Waals surface area contributed by atoms with Crippen LogP contribution in [0, 0.1) is 5.82 Å². The van der Waals surface area contributed by atoms with Crippen molar-refractivity contribution in [2.45, 2.75) is 38.9 Å². The molecule has 1 fully saturated rings. The van der Waals surface area contributed by atoms with Gasteiger partial charge in [-0.1, -0.05) is 29.8 Å². The highest BCUT2D eigenvalue weighted by Crippen LogP contribution is 2.37. The van der Waals surface area contributed by atoms with Crippen LogP contribution in [0.4, 0.5) is 10.1 Å². The molecular weight excluding hydrogens is 355 g/mol. The topological polar surface area (TPSA) is 47.6 Å². The minimum Gasteiger partial charge on any atom is -0.399 e. The summed E-state index contributed by atoms with van der Waals surface area (Å²) in [5, 5.41) is 3.04. The highest BCUT2D eigenvalue weighted by atomic mass is 35.5. The van der Waals surface area contributed by atoms with Gasteiger partial charge in [-0.15, -0.1) is 0 Å². The number of hydrogen-bond acceptors (Lipinski definition) is 3. The molecule has 2 aromatic carbocycles. The van der Waals surface area contributed by atoms with Gasteiger partial charge in [0.05, 0.1) is 16.8 Å². The maximum absolute atomic E-state index is 13.7. The van der Waals surface area contributed by atoms with Gasteiger partial charge in [0, 0.05) is 16.2 Å². The van der Waals surface area contributed by atoms with E-state index < -0.39 is 30.0 Å². The predicted molar refractivity (Wildman–Crippen MR) is 102 cm³/mol. The first-order valence-corrected chi connectivity index (χ1v) is 8.69. The smallest absolute Gasteiger partial charge is 0.399 e. The standard InChI is InChI=1S/C19H20BClFNO3/c1-18(2)19(3,4)26-20(25-18)14-10-9-12(11-15(14)21)23-17(24)13-7-5-6-8-16(13)22/h5-11H,1-4H3,(H,23,24). The lowest BCUT2D eigenvalue weighted by Gasteiger charge is -2.32. The lowest BCUT2D eigenvalue weighted by atomic mass is 9.79. The maximum atomic E-state index is 13.7. The number of hydrogen-bond donors (Lipinski definition) is 1. The fourth-order valence-corrected chi connectivity index (χ4v) is 2.88. The van der Waals surface area contributed by atoms with E-state index in [1.54, 1.807) is 24.3 Å². The SMILES string of the molecule is CC1(C)OB(c2ccc(NC(=O)c3ccccc3F)cc2Cl)OC1(C)C. The van der Waals surface area contributed by atoms with E-state index >= 15 is 0 Å². The zero-order chi connectivity index (χ0) is 19.1. The van der Waals surface area contributed by atoms with Gasteiger partial charge in [0.1, 0.15) is 5.82 Å². The molecule has 0 bridgehead atoms. The Hall–Kier alpha value is -1.89. The Kier molecular flexibility index (Phi) is 4.86. The highest BCUT2D eigenvalue weighted by Gasteiger charge is 2.52. The first-order valence-electron chi connectivity index (χ1n) is 8.32. The van der Waals surface area contributed by atoms with E-state index in [9.17, 15) is 9.18 Å². The molecule has 0 spiro atoms. The minimum atomic E-state index is -0.594. The largest absolute Gasteiger partial charge is 0.496 e. The van der Waals surface area contributed by atoms with E-state index in [0.717, 1.165) is 0 Å². The Morgan fingerprint density at radius 3 is 2.27 bits per heavy atom. The Morgan fingerprint density at radius 2 is 1.69 bits per heavy atom. The summed E-state index contributed by atoms with van der Waals surface area (Å²) in [4.78, 5) is 12.2. The van der Waals surface area contributed by atoms with Crippen molar-refractivity contribution in [2.75, 3.05) is 5.32 Å². The Balaban J connectivity index is 1.79. The van der Waals surface area contributed by atoms with Crippen LogP contribution >= 0.6 is 11.6 Å². The fraction of sp³-hybridized carbons (Fsp3) is 0.316. The summed E-state index contributed by atoms with van der Waals surface area (Å²) in [5.74, 6) is -1.12. The summed E-state index contributed by atoms with van der Waals surface area (Å²) in [6, 6.07) is 10.8. The van der Waals surface area contributed by atoms with Crippen molar-refractivity contribution in [1.82, 2.24) is 0 Å². The van der Waals surface area contributed by atoms with E-state index in [-0.39, 0.29) is 5.56 Å². The van der Waals surface area contributed by atoms with Crippen LogP contribution in [0.15, 0.2) is 42.5 Å². The molecule has 1 aliphatic heterocycles. The molecular formula is C19H20BClFNO3. The molecule has 0 atom stereocenters. The molecule has 1 amide bonds. The van der Waals surface area contributed by atoms with Gasteiger partial charge in [-0.3, -0.25) is 4.79 Å². The third-order valence-corrected chi connectivity index (χ3v) is 5.21. The summed E-state index contributed by atoms with van der Waals surface area (Å²) in [6.07, 6.45) is 0. The van der Waals surface area contributed by atoms with Gasteiger partial charge in [-0.05, 0) is 52.0 Å². The molecule has 1 saturated heterocycles. The molecule has 0 saturated carbocycles. The second kappa shape index (κ2) is 6.69. The van der Waals surface area contributed by atoms with Gasteiger partial charge in [-0.2, -0.15) is 0 Å². The number of nitrogens with one attached hydrogen (secondary N) is 1. The zero-order valence-corrected chi connectivity index (χ0v) is 15.9. The molecule has 0 aromatic heterocycles. The van der Waals surface area contributed by atoms with Gasteiger partial charge >= 0.3 is 7.12 Å². The number of halogens is 2. The molecule has 136 valence electrons. The molecule has 3 rings (SSSR count). The first-order chi connectivity index (χ1) is 12.1. The van der Waals surface area contributed by atoms with Crippen molar-refractivity contribution >= 4 is 35.8 Å². The third kappa shape index (κ3) is 3.49. The molecule has 0 aliphatic carbocycles. The van der Waals surface area contributed by atoms with E-state index in [1.807, 2.05) is 27.7 Å². The summed E-state index contributed by atoms with van der Waals surface area (Å²) in [7, 11) is -0.594. The Labute approximate surface area is 157 Å². The Morgan fingerprint density at radius 1 is 1.08 bits per heavy atom. The normalized spacial score (nSPS) is 18.0. The molecule has 26 heavy (non-hydrogen) atoms. The molecule has 0 unspecified atom stereocenters. The van der Waals surface area contributed by atoms with Gasteiger partial charge in [-0.25, -0.2) is 4.39 Å². The van der Waals surface area contributed by atoms with E-state index in [2.05, 4.69) is 5.32 Å². The zero-order valence-electron chi connectivity index (χ0n) is 15.1. The molecule has 1 heterocycles. The summed E-state index contributed by atoms with van der Waals surface area (Å²) >= 11 is 6.37. The van der Waals surface area contributed by atoms with E-state index in [1.165, 1.54) is 18.2 Å². The van der Waals surface area contributed by atoms with Gasteiger partial charge < -0.3 is 14.6 Å². The molecule has 4 nitrogen and oxygen atoms in total. The quantitative estimate of drug-likeness (QED) is 0.824. The predicted octanol–water partition coefficient (Wildman–Crippen LogP) is 4.03. The molecule has 1 N–H and O–H groups in total. The van der Waals surface area contributed by atoms with Crippen LogP contribution in [-0.2, 0) is 9.31 Å². The first kappa shape index (κ1) is 18.9. The van der Waals surface area contributed by atoms with Crippen molar-refractivity contribution in [3.63, 3.8) is 0 Å². The number of anilines is 1. The van der Waals surface area contributed by atoms with Crippen LogP contribution in [0.5, 0.6) is 0 Å². The average Bonchev–Trinajstić information content (AvgIpc) is 2.75. The number of rotatable bonds is 3. The fourth-order valence-electron chi connectivity index (χ4n) is 2.61. The second-order valence-electron chi connectivity index (χ2n) is 7.26. The maximum Gasteiger partial charge on any atom is 0.496 e. The van der Waals surface area contributed by atoms with Gasteiger partial charge in [0.25, 0.3) is 5.91 Å². The van der Waals surface area contributed by atoms with Crippen molar-refractivity contribution in [2.24, 2.45) is 0 Å². The summed E-state index contributed by atoms with van der Waals surface area (Å²) in [5.41, 5.74) is 0.161. The number of amides is 1. The lowest BCUT2D eigenvalue weighted by Crippen LogP contribution is -2.41. The van der Waals surface area contributed by atoms with Crippen LogP contribution in [0.1, 0.15) is 38.1 Å². The number of carbonyl (C=O) groups excluding carboxylic acids is 1. The summed E-state index contributed by atoms with van der Waals surface area (Å²) < 4.78 is 25.7. The number of carbonyl (C=O) groups is 1. The summed E-state index contributed by atoms with van der Waals surface area (Å²) in [6.45, 7) is 7.85. The second-order valence-corrected chi connectivity index (χ2v) is 7.67. The van der Waals surface area contributed by atoms with Gasteiger partial charge in [0.2, 0.25) is 0 Å². The lowest BCUT2D eigenvalue weighted by molar-refractivity contribution is 0.00578. The van der Waals surface area contributed by atoms with Crippen LogP contribution < -0.4 is 10.8 Å². The monoisotopic (exact) mass is 375 g/mol.